The fourth-order valence-corrected chi connectivity index (χ4v) is 2.13. The maximum Gasteiger partial charge on any atom is 0.113 e. The summed E-state index contributed by atoms with van der Waals surface area (Å²) in [4.78, 5) is 0. The summed E-state index contributed by atoms with van der Waals surface area (Å²) in [5, 5.41) is 0. The first-order chi connectivity index (χ1) is 7.18. The van der Waals surface area contributed by atoms with Gasteiger partial charge >= 0.3 is 0 Å². The minimum atomic E-state index is -0.134. The van der Waals surface area contributed by atoms with Crippen molar-refractivity contribution in [3.05, 3.63) is 45.6 Å². The molecule has 0 fully saturated rings. The Morgan fingerprint density at radius 3 is 2.93 bits per heavy atom. The Kier molecular flexibility index (Phi) is 3.12. The molecule has 80 valence electrons. The third kappa shape index (κ3) is 2.24. The Morgan fingerprint density at radius 1 is 1.47 bits per heavy atom. The number of halogens is 1. The van der Waals surface area contributed by atoms with Gasteiger partial charge in [0.15, 0.2) is 0 Å². The highest BCUT2D eigenvalue weighted by Crippen LogP contribution is 2.28. The van der Waals surface area contributed by atoms with E-state index in [0.717, 1.165) is 28.8 Å². The number of ether oxygens (including phenoxy) is 1. The van der Waals surface area contributed by atoms with E-state index in [-0.39, 0.29) is 6.04 Å². The molecule has 0 amide bonds. The van der Waals surface area contributed by atoms with Crippen molar-refractivity contribution < 1.29 is 4.74 Å². The second-order valence-electron chi connectivity index (χ2n) is 3.72. The predicted octanol–water partition coefficient (Wildman–Crippen LogP) is 3.06. The van der Waals surface area contributed by atoms with Gasteiger partial charge in [-0.15, -0.1) is 0 Å². The van der Waals surface area contributed by atoms with Crippen LogP contribution in [0.3, 0.4) is 0 Å². The second-order valence-corrected chi connectivity index (χ2v) is 4.64. The van der Waals surface area contributed by atoms with Crippen molar-refractivity contribution in [3.63, 3.8) is 0 Å². The number of nitrogens with two attached hydrogens (primary N) is 1. The van der Waals surface area contributed by atoms with Crippen molar-refractivity contribution >= 4 is 15.9 Å². The van der Waals surface area contributed by atoms with Gasteiger partial charge < -0.3 is 10.5 Å². The average Bonchev–Trinajstić information content (AvgIpc) is 2.74. The molecule has 1 aromatic carbocycles. The summed E-state index contributed by atoms with van der Waals surface area (Å²) in [5.41, 5.74) is 8.47. The number of aryl methyl sites for hydroxylation is 1. The van der Waals surface area contributed by atoms with E-state index >= 15 is 0 Å². The van der Waals surface area contributed by atoms with Crippen LogP contribution >= 0.6 is 15.9 Å². The fourth-order valence-electron chi connectivity index (χ4n) is 1.75. The maximum atomic E-state index is 6.16. The van der Waals surface area contributed by atoms with E-state index in [1.54, 1.807) is 0 Å². The number of hydrogen-bond donors (Lipinski definition) is 1. The van der Waals surface area contributed by atoms with Crippen molar-refractivity contribution in [2.75, 3.05) is 6.61 Å². The Balaban J connectivity index is 2.31. The number of benzene rings is 1. The average molecular weight is 268 g/mol. The number of rotatable bonds is 2. The molecule has 1 heterocycles. The van der Waals surface area contributed by atoms with Crippen LogP contribution in [0.1, 0.15) is 23.6 Å². The highest BCUT2D eigenvalue weighted by Gasteiger charge is 2.18. The van der Waals surface area contributed by atoms with Crippen LogP contribution in [0.2, 0.25) is 0 Å². The third-order valence-corrected chi connectivity index (χ3v) is 3.11. The molecule has 0 spiro atoms. The van der Waals surface area contributed by atoms with Gasteiger partial charge in [0.05, 0.1) is 12.6 Å². The normalized spacial score (nSPS) is 17.1. The Morgan fingerprint density at radius 2 is 2.27 bits per heavy atom. The quantitative estimate of drug-likeness (QED) is 0.894. The van der Waals surface area contributed by atoms with Crippen molar-refractivity contribution in [2.24, 2.45) is 5.73 Å². The molecular formula is C12H14BrNO. The minimum Gasteiger partial charge on any atom is -0.496 e. The van der Waals surface area contributed by atoms with E-state index in [1.165, 1.54) is 5.56 Å². The smallest absolute Gasteiger partial charge is 0.113 e. The first-order valence-corrected chi connectivity index (χ1v) is 5.82. The lowest BCUT2D eigenvalue weighted by Crippen LogP contribution is -2.14. The van der Waals surface area contributed by atoms with E-state index in [9.17, 15) is 0 Å². The second kappa shape index (κ2) is 4.37. The molecule has 2 N–H and O–H groups in total. The molecule has 1 aromatic rings. The summed E-state index contributed by atoms with van der Waals surface area (Å²) in [6.07, 6.45) is 3.04. The van der Waals surface area contributed by atoms with Gasteiger partial charge in [0, 0.05) is 10.9 Å². The van der Waals surface area contributed by atoms with Crippen molar-refractivity contribution in [1.82, 2.24) is 0 Å². The van der Waals surface area contributed by atoms with Crippen molar-refractivity contribution in [3.8, 4) is 0 Å². The molecule has 0 aromatic heterocycles. The van der Waals surface area contributed by atoms with Crippen molar-refractivity contribution in [2.45, 2.75) is 19.4 Å². The summed E-state index contributed by atoms with van der Waals surface area (Å²) in [7, 11) is 0. The highest BCUT2D eigenvalue weighted by molar-refractivity contribution is 9.10. The van der Waals surface area contributed by atoms with Gasteiger partial charge in [-0.25, -0.2) is 0 Å². The lowest BCUT2D eigenvalue weighted by atomic mass is 10.0. The highest BCUT2D eigenvalue weighted by atomic mass is 79.9. The van der Waals surface area contributed by atoms with E-state index in [2.05, 4.69) is 41.1 Å². The van der Waals surface area contributed by atoms with Gasteiger partial charge in [0.2, 0.25) is 0 Å². The summed E-state index contributed by atoms with van der Waals surface area (Å²) in [6.45, 7) is 2.83. The monoisotopic (exact) mass is 267 g/mol. The van der Waals surface area contributed by atoms with E-state index in [0.29, 0.717) is 0 Å². The molecular weight excluding hydrogens is 254 g/mol. The van der Waals surface area contributed by atoms with Crippen LogP contribution in [0.15, 0.2) is 34.5 Å². The summed E-state index contributed by atoms with van der Waals surface area (Å²) in [5.74, 6) is 0.899. The SMILES string of the molecule is Cc1ccc(Br)cc1C(N)C1=CCCO1. The van der Waals surface area contributed by atoms with Gasteiger partial charge in [-0.2, -0.15) is 0 Å². The van der Waals surface area contributed by atoms with Crippen LogP contribution in [0.4, 0.5) is 0 Å². The van der Waals surface area contributed by atoms with E-state index in [4.69, 9.17) is 10.5 Å². The zero-order valence-electron chi connectivity index (χ0n) is 8.66. The first kappa shape index (κ1) is 10.7. The zero-order chi connectivity index (χ0) is 10.8. The molecule has 0 radical (unpaired) electrons. The summed E-state index contributed by atoms with van der Waals surface area (Å²) < 4.78 is 6.54. The van der Waals surface area contributed by atoms with Crippen LogP contribution in [0.25, 0.3) is 0 Å². The Bertz CT molecular complexity index is 401. The van der Waals surface area contributed by atoms with E-state index < -0.39 is 0 Å². The summed E-state index contributed by atoms with van der Waals surface area (Å²) in [6, 6.07) is 6.01. The van der Waals surface area contributed by atoms with Gasteiger partial charge in [0.1, 0.15) is 5.76 Å². The molecule has 1 unspecified atom stereocenters. The molecule has 0 saturated heterocycles. The third-order valence-electron chi connectivity index (χ3n) is 2.61. The lowest BCUT2D eigenvalue weighted by Gasteiger charge is -2.16. The van der Waals surface area contributed by atoms with Crippen LogP contribution in [0.5, 0.6) is 0 Å². The largest absolute Gasteiger partial charge is 0.496 e. The molecule has 1 aliphatic heterocycles. The lowest BCUT2D eigenvalue weighted by molar-refractivity contribution is 0.225. The minimum absolute atomic E-state index is 0.134. The van der Waals surface area contributed by atoms with Crippen molar-refractivity contribution in [1.29, 1.82) is 0 Å². The molecule has 1 atom stereocenters. The molecule has 3 heteroatoms. The maximum absolute atomic E-state index is 6.16. The van der Waals surface area contributed by atoms with Crippen LogP contribution in [0, 0.1) is 6.92 Å². The molecule has 1 aliphatic rings. The Hall–Kier alpha value is -0.800. The van der Waals surface area contributed by atoms with Gasteiger partial charge in [0.25, 0.3) is 0 Å². The van der Waals surface area contributed by atoms with Crippen LogP contribution in [-0.4, -0.2) is 6.61 Å². The van der Waals surface area contributed by atoms with Gasteiger partial charge in [-0.1, -0.05) is 22.0 Å². The van der Waals surface area contributed by atoms with Gasteiger partial charge in [-0.05, 0) is 36.3 Å². The molecule has 15 heavy (non-hydrogen) atoms. The Labute approximate surface area is 98.2 Å². The first-order valence-electron chi connectivity index (χ1n) is 5.03. The van der Waals surface area contributed by atoms with Crippen LogP contribution < -0.4 is 5.73 Å². The molecule has 0 saturated carbocycles. The molecule has 0 aliphatic carbocycles. The zero-order valence-corrected chi connectivity index (χ0v) is 10.3. The summed E-state index contributed by atoms with van der Waals surface area (Å²) >= 11 is 3.46. The molecule has 2 nitrogen and oxygen atoms in total. The van der Waals surface area contributed by atoms with Gasteiger partial charge in [-0.3, -0.25) is 0 Å². The molecule has 0 bridgehead atoms. The van der Waals surface area contributed by atoms with Crippen LogP contribution in [-0.2, 0) is 4.74 Å². The van der Waals surface area contributed by atoms with E-state index in [1.807, 2.05) is 6.07 Å². The predicted molar refractivity (Wildman–Crippen MR) is 64.5 cm³/mol. The fraction of sp³-hybridized carbons (Fsp3) is 0.333. The molecule has 2 rings (SSSR count). The standard InChI is InChI=1S/C12H14BrNO/c1-8-4-5-9(13)7-10(8)12(14)11-3-2-6-15-11/h3-5,7,12H,2,6,14H2,1H3. The number of hydrogen-bond acceptors (Lipinski definition) is 2. The topological polar surface area (TPSA) is 35.2 Å².